The number of anilines is 1. The molecule has 9 nitrogen and oxygen atoms in total. The summed E-state index contributed by atoms with van der Waals surface area (Å²) >= 11 is 0. The molecule has 0 heterocycles. The van der Waals surface area contributed by atoms with E-state index in [1.165, 1.54) is 24.3 Å². The number of aromatic hydroxyl groups is 1. The van der Waals surface area contributed by atoms with Crippen LogP contribution in [0, 0.1) is 0 Å². The van der Waals surface area contributed by atoms with Crippen molar-refractivity contribution in [2.24, 2.45) is 0 Å². The first-order valence-corrected chi connectivity index (χ1v) is 12.0. The van der Waals surface area contributed by atoms with Gasteiger partial charge in [0.05, 0.1) is 24.9 Å². The molecule has 1 saturated carbocycles. The molecule has 3 rings (SSSR count). The number of likely N-dealkylation sites (N-methyl/N-ethyl adjacent to an activating group) is 1. The number of aliphatic hydroxyl groups is 1. The number of aliphatic hydroxyl groups excluding tert-OH is 1. The first-order valence-electron chi connectivity index (χ1n) is 12.0. The second-order valence-electron chi connectivity index (χ2n) is 8.36. The molecule has 192 valence electrons. The Bertz CT molecular complexity index is 1180. The Labute approximate surface area is 210 Å². The molecule has 0 saturated heterocycles. The minimum atomic E-state index is -1.46. The number of hydrogen-bond acceptors (Lipinski definition) is 8. The number of carbonyl (C=O) groups is 3. The summed E-state index contributed by atoms with van der Waals surface area (Å²) in [6.07, 6.45) is 4.56. The van der Waals surface area contributed by atoms with Gasteiger partial charge in [0.2, 0.25) is 24.0 Å². The van der Waals surface area contributed by atoms with Crippen LogP contribution in [0.25, 0.3) is 0 Å². The topological polar surface area (TPSA) is 116 Å². The maximum Gasteiger partial charge on any atom is 0.247 e. The lowest BCUT2D eigenvalue weighted by Crippen LogP contribution is -2.26. The Morgan fingerprint density at radius 1 is 1.06 bits per heavy atom. The lowest BCUT2D eigenvalue weighted by Gasteiger charge is -2.23. The largest absolute Gasteiger partial charge is 0.508 e. The van der Waals surface area contributed by atoms with Crippen LogP contribution >= 0.6 is 0 Å². The van der Waals surface area contributed by atoms with Crippen LogP contribution < -0.4 is 4.90 Å². The Balaban J connectivity index is 1.96. The first kappa shape index (κ1) is 27.0. The Morgan fingerprint density at radius 3 is 2.39 bits per heavy atom. The fraction of sp³-hybridized carbons (Fsp3) is 0.407. The first-order chi connectivity index (χ1) is 17.3. The van der Waals surface area contributed by atoms with Gasteiger partial charge in [-0.1, -0.05) is 6.07 Å². The summed E-state index contributed by atoms with van der Waals surface area (Å²) in [5, 5.41) is 21.4. The van der Waals surface area contributed by atoms with Gasteiger partial charge in [-0.3, -0.25) is 14.4 Å². The Morgan fingerprint density at radius 2 is 1.81 bits per heavy atom. The van der Waals surface area contributed by atoms with E-state index in [0.29, 0.717) is 51.0 Å². The van der Waals surface area contributed by atoms with Crippen molar-refractivity contribution in [1.82, 2.24) is 0 Å². The highest BCUT2D eigenvalue weighted by Crippen LogP contribution is 2.38. The monoisotopic (exact) mass is 497 g/mol. The summed E-state index contributed by atoms with van der Waals surface area (Å²) in [6.45, 7) is 8.98. The third kappa shape index (κ3) is 5.32. The predicted octanol–water partition coefficient (Wildman–Crippen LogP) is 2.45. The van der Waals surface area contributed by atoms with Crippen molar-refractivity contribution in [1.29, 1.82) is 0 Å². The minimum Gasteiger partial charge on any atom is -0.508 e. The van der Waals surface area contributed by atoms with Gasteiger partial charge in [-0.05, 0) is 32.9 Å². The zero-order valence-corrected chi connectivity index (χ0v) is 21.1. The van der Waals surface area contributed by atoms with Crippen LogP contribution in [0.15, 0.2) is 53.3 Å². The van der Waals surface area contributed by atoms with Crippen molar-refractivity contribution in [3.8, 4) is 5.75 Å². The predicted molar refractivity (Wildman–Crippen MR) is 135 cm³/mol. The molecule has 1 aromatic carbocycles. The molecule has 0 amide bonds. The zero-order valence-electron chi connectivity index (χ0n) is 21.1. The third-order valence-corrected chi connectivity index (χ3v) is 6.31. The number of carbonyl (C=O) groups excluding carboxylic acids is 3. The van der Waals surface area contributed by atoms with Crippen LogP contribution in [0.4, 0.5) is 5.69 Å². The van der Waals surface area contributed by atoms with Gasteiger partial charge in [0.25, 0.3) is 0 Å². The van der Waals surface area contributed by atoms with Gasteiger partial charge in [-0.15, -0.1) is 0 Å². The molecule has 1 fully saturated rings. The molecule has 0 radical (unpaired) electrons. The highest BCUT2D eigenvalue weighted by Gasteiger charge is 2.48. The number of benzene rings is 1. The molecule has 36 heavy (non-hydrogen) atoms. The van der Waals surface area contributed by atoms with E-state index in [4.69, 9.17) is 9.47 Å². The van der Waals surface area contributed by atoms with Crippen LogP contribution in [0.5, 0.6) is 5.75 Å². The van der Waals surface area contributed by atoms with E-state index >= 15 is 0 Å². The third-order valence-electron chi connectivity index (χ3n) is 6.31. The minimum absolute atomic E-state index is 0.00935. The van der Waals surface area contributed by atoms with Crippen LogP contribution in [-0.2, 0) is 23.9 Å². The van der Waals surface area contributed by atoms with Gasteiger partial charge < -0.3 is 24.6 Å². The lowest BCUT2D eigenvalue weighted by molar-refractivity contribution is -0.563. The maximum atomic E-state index is 13.3. The Hall–Kier alpha value is -3.56. The van der Waals surface area contributed by atoms with E-state index in [9.17, 15) is 24.6 Å². The van der Waals surface area contributed by atoms with Gasteiger partial charge in [-0.25, -0.2) is 4.58 Å². The summed E-state index contributed by atoms with van der Waals surface area (Å²) in [4.78, 5) is 41.0. The average molecular weight is 498 g/mol. The number of Topliss-reactive ketones (excluding diaryl/α,β-unsaturated/α-hetero) is 3. The maximum absolute atomic E-state index is 13.3. The van der Waals surface area contributed by atoms with Crippen molar-refractivity contribution in [2.75, 3.05) is 51.6 Å². The lowest BCUT2D eigenvalue weighted by atomic mass is 9.92. The van der Waals surface area contributed by atoms with Crippen LogP contribution in [0.1, 0.15) is 32.3 Å². The molecule has 2 N–H and O–H groups in total. The molecular formula is C27H33N2O7+. The van der Waals surface area contributed by atoms with Crippen LogP contribution in [-0.4, -0.2) is 84.5 Å². The average Bonchev–Trinajstić information content (AvgIpc) is 3.08. The molecule has 0 bridgehead atoms. The molecule has 0 aromatic heterocycles. The standard InChI is InChI=1S/C27H32N2O7/c1-5-28(12-13-35-4)17-8-10-19(21(30)14-17)23-25(32)24(27(34)26(23)33)20-11-9-18(15-22(20)31)29(6-2)16-36-7-3/h8-11,14-15,23,30H,5-7,12-13,16H2,1-4H3/p+1/b24-20-. The van der Waals surface area contributed by atoms with Crippen molar-refractivity contribution < 1.29 is 38.6 Å². The quantitative estimate of drug-likeness (QED) is 0.126. The second-order valence-corrected chi connectivity index (χ2v) is 8.36. The van der Waals surface area contributed by atoms with E-state index < -0.39 is 23.3 Å². The fourth-order valence-corrected chi connectivity index (χ4v) is 4.29. The van der Waals surface area contributed by atoms with Gasteiger partial charge in [0.1, 0.15) is 24.0 Å². The smallest absolute Gasteiger partial charge is 0.247 e. The number of nitrogens with zero attached hydrogens (tertiary/aromatic N) is 2. The van der Waals surface area contributed by atoms with E-state index in [1.807, 2.05) is 30.2 Å². The van der Waals surface area contributed by atoms with Gasteiger partial charge in [0, 0.05) is 49.2 Å². The number of methoxy groups -OCH3 is 1. The van der Waals surface area contributed by atoms with E-state index in [0.717, 1.165) is 0 Å². The highest BCUT2D eigenvalue weighted by atomic mass is 16.5. The molecule has 1 unspecified atom stereocenters. The number of ether oxygens (including phenoxy) is 2. The molecule has 2 aliphatic rings. The summed E-state index contributed by atoms with van der Waals surface area (Å²) in [6, 6.07) is 4.66. The molecule has 0 spiro atoms. The number of hydrogen-bond donors (Lipinski definition) is 2. The van der Waals surface area contributed by atoms with Crippen molar-refractivity contribution in [3.05, 3.63) is 58.9 Å². The summed E-state index contributed by atoms with van der Waals surface area (Å²) < 4.78 is 12.4. The summed E-state index contributed by atoms with van der Waals surface area (Å²) in [7, 11) is 1.60. The van der Waals surface area contributed by atoms with E-state index in [2.05, 4.69) is 0 Å². The fourth-order valence-electron chi connectivity index (χ4n) is 4.29. The van der Waals surface area contributed by atoms with Crippen LogP contribution in [0.3, 0.4) is 0 Å². The molecule has 1 atom stereocenters. The Kier molecular flexibility index (Phi) is 8.95. The van der Waals surface area contributed by atoms with E-state index in [-0.39, 0.29) is 28.2 Å². The summed E-state index contributed by atoms with van der Waals surface area (Å²) in [5.74, 6) is -4.65. The number of rotatable bonds is 10. The van der Waals surface area contributed by atoms with Crippen LogP contribution in [0.2, 0.25) is 0 Å². The number of ketones is 3. The number of allylic oxidation sites excluding steroid dienone is 4. The zero-order chi connectivity index (χ0) is 26.4. The van der Waals surface area contributed by atoms with Gasteiger partial charge in [0.15, 0.2) is 5.78 Å². The van der Waals surface area contributed by atoms with Gasteiger partial charge in [-0.2, -0.15) is 0 Å². The van der Waals surface area contributed by atoms with Crippen molar-refractivity contribution >= 4 is 28.7 Å². The molecule has 2 aliphatic carbocycles. The van der Waals surface area contributed by atoms with Crippen molar-refractivity contribution in [3.63, 3.8) is 0 Å². The number of phenols is 1. The SMILES string of the molecule is CCOC[N+](CC)=C1C=C/C(=C2/C(=O)C(=O)C(c3ccc(N(CC)CCOC)cc3O)C2=O)C(O)=C1. The molecule has 0 aliphatic heterocycles. The number of phenolic OH excluding ortho intramolecular Hbond substituents is 1. The highest BCUT2D eigenvalue weighted by molar-refractivity contribution is 6.61. The van der Waals surface area contributed by atoms with Gasteiger partial charge >= 0.3 is 0 Å². The molecular weight excluding hydrogens is 464 g/mol. The summed E-state index contributed by atoms with van der Waals surface area (Å²) in [5.41, 5.74) is 1.02. The molecule has 1 aromatic rings. The second kappa shape index (κ2) is 11.9. The van der Waals surface area contributed by atoms with Crippen molar-refractivity contribution in [2.45, 2.75) is 26.7 Å². The van der Waals surface area contributed by atoms with E-state index in [1.54, 1.807) is 19.3 Å². The normalized spacial score (nSPS) is 21.3. The molecule has 9 heteroatoms.